The molecule has 2 aliphatic heterocycles. The Morgan fingerprint density at radius 2 is 1.93 bits per heavy atom. The third kappa shape index (κ3) is 3.82. The molecule has 0 aliphatic carbocycles. The number of halogens is 1. The SMILES string of the molecule is COc1ccc(C[NH+]2CCN(C(=O)c3cc(Cl)c4c(c3)OCO4)CC2)cc1. The summed E-state index contributed by atoms with van der Waals surface area (Å²) in [5.41, 5.74) is 1.82. The summed E-state index contributed by atoms with van der Waals surface area (Å²) in [6, 6.07) is 11.5. The molecular weight excluding hydrogens is 368 g/mol. The Balaban J connectivity index is 1.36. The van der Waals surface area contributed by atoms with Crippen molar-refractivity contribution in [3.05, 3.63) is 52.5 Å². The van der Waals surface area contributed by atoms with Gasteiger partial charge >= 0.3 is 0 Å². The van der Waals surface area contributed by atoms with E-state index in [9.17, 15) is 4.79 Å². The van der Waals surface area contributed by atoms with Crippen LogP contribution in [-0.2, 0) is 6.54 Å². The maximum atomic E-state index is 12.8. The van der Waals surface area contributed by atoms with Gasteiger partial charge in [-0.1, -0.05) is 11.6 Å². The molecule has 4 rings (SSSR count). The highest BCUT2D eigenvalue weighted by Gasteiger charge is 2.27. The van der Waals surface area contributed by atoms with Crippen LogP contribution in [0.5, 0.6) is 17.2 Å². The molecule has 0 spiro atoms. The second-order valence-electron chi connectivity index (χ2n) is 6.76. The van der Waals surface area contributed by atoms with Crippen molar-refractivity contribution < 1.29 is 23.9 Å². The summed E-state index contributed by atoms with van der Waals surface area (Å²) in [6.07, 6.45) is 0. The van der Waals surface area contributed by atoms with Crippen LogP contribution in [-0.4, -0.2) is 50.9 Å². The van der Waals surface area contributed by atoms with Gasteiger partial charge in [-0.05, 0) is 36.4 Å². The molecular formula is C20H22ClN2O4+. The van der Waals surface area contributed by atoms with Crippen LogP contribution in [0.15, 0.2) is 36.4 Å². The Labute approximate surface area is 163 Å². The molecule has 2 heterocycles. The van der Waals surface area contributed by atoms with Gasteiger partial charge in [0.25, 0.3) is 5.91 Å². The van der Waals surface area contributed by atoms with Gasteiger partial charge in [0, 0.05) is 11.1 Å². The molecule has 2 aromatic rings. The molecule has 1 amide bonds. The summed E-state index contributed by atoms with van der Waals surface area (Å²) in [7, 11) is 1.67. The number of methoxy groups -OCH3 is 1. The zero-order chi connectivity index (χ0) is 18.8. The Hall–Kier alpha value is -2.44. The van der Waals surface area contributed by atoms with Crippen LogP contribution in [0.2, 0.25) is 5.02 Å². The summed E-state index contributed by atoms with van der Waals surface area (Å²) < 4.78 is 15.9. The quantitative estimate of drug-likeness (QED) is 0.863. The lowest BCUT2D eigenvalue weighted by atomic mass is 10.1. The van der Waals surface area contributed by atoms with Crippen molar-refractivity contribution in [3.63, 3.8) is 0 Å². The molecule has 0 atom stereocenters. The van der Waals surface area contributed by atoms with Crippen molar-refractivity contribution in [1.29, 1.82) is 0 Å². The zero-order valence-corrected chi connectivity index (χ0v) is 15.9. The van der Waals surface area contributed by atoms with Crippen LogP contribution < -0.4 is 19.1 Å². The fourth-order valence-electron chi connectivity index (χ4n) is 3.51. The molecule has 7 heteroatoms. The highest BCUT2D eigenvalue weighted by Crippen LogP contribution is 2.40. The van der Waals surface area contributed by atoms with Gasteiger partial charge in [0.05, 0.1) is 38.3 Å². The van der Waals surface area contributed by atoms with E-state index >= 15 is 0 Å². The van der Waals surface area contributed by atoms with Crippen LogP contribution in [0.4, 0.5) is 0 Å². The molecule has 0 aromatic heterocycles. The second kappa shape index (κ2) is 7.66. The lowest BCUT2D eigenvalue weighted by Crippen LogP contribution is -3.13. The molecule has 0 bridgehead atoms. The second-order valence-corrected chi connectivity index (χ2v) is 7.17. The minimum atomic E-state index is -0.0151. The van der Waals surface area contributed by atoms with Crippen LogP contribution >= 0.6 is 11.6 Å². The Kier molecular flexibility index (Phi) is 5.09. The monoisotopic (exact) mass is 389 g/mol. The van der Waals surface area contributed by atoms with Crippen LogP contribution in [0, 0.1) is 0 Å². The third-order valence-corrected chi connectivity index (χ3v) is 5.33. The van der Waals surface area contributed by atoms with Gasteiger partial charge in [-0.15, -0.1) is 0 Å². The average molecular weight is 390 g/mol. The number of benzene rings is 2. The number of rotatable bonds is 4. The van der Waals surface area contributed by atoms with Gasteiger partial charge in [-0.25, -0.2) is 0 Å². The number of quaternary nitrogens is 1. The minimum Gasteiger partial charge on any atom is -0.497 e. The number of nitrogens with zero attached hydrogens (tertiary/aromatic N) is 1. The van der Waals surface area contributed by atoms with E-state index in [1.165, 1.54) is 10.5 Å². The third-order valence-electron chi connectivity index (χ3n) is 5.05. The van der Waals surface area contributed by atoms with Gasteiger partial charge in [0.1, 0.15) is 12.3 Å². The van der Waals surface area contributed by atoms with Gasteiger partial charge < -0.3 is 24.0 Å². The summed E-state index contributed by atoms with van der Waals surface area (Å²) in [6.45, 7) is 4.35. The van der Waals surface area contributed by atoms with Crippen molar-refractivity contribution >= 4 is 17.5 Å². The van der Waals surface area contributed by atoms with E-state index < -0.39 is 0 Å². The average Bonchev–Trinajstić information content (AvgIpc) is 3.18. The van der Waals surface area contributed by atoms with Crippen molar-refractivity contribution in [2.75, 3.05) is 40.1 Å². The first kappa shape index (κ1) is 17.9. The normalized spacial score (nSPS) is 16.4. The molecule has 1 fully saturated rings. The Morgan fingerprint density at radius 1 is 1.19 bits per heavy atom. The van der Waals surface area contributed by atoms with E-state index in [0.29, 0.717) is 22.1 Å². The van der Waals surface area contributed by atoms with E-state index in [4.69, 9.17) is 25.8 Å². The number of hydrogen-bond donors (Lipinski definition) is 1. The van der Waals surface area contributed by atoms with Gasteiger partial charge in [0.2, 0.25) is 6.79 Å². The largest absolute Gasteiger partial charge is 0.497 e. The van der Waals surface area contributed by atoms with E-state index in [2.05, 4.69) is 12.1 Å². The minimum absolute atomic E-state index is 0.0151. The number of amides is 1. The highest BCUT2D eigenvalue weighted by atomic mass is 35.5. The number of ether oxygens (including phenoxy) is 3. The Morgan fingerprint density at radius 3 is 2.63 bits per heavy atom. The van der Waals surface area contributed by atoms with E-state index in [-0.39, 0.29) is 12.7 Å². The van der Waals surface area contributed by atoms with Gasteiger partial charge in [-0.3, -0.25) is 4.79 Å². The summed E-state index contributed by atoms with van der Waals surface area (Å²) in [4.78, 5) is 16.2. The zero-order valence-electron chi connectivity index (χ0n) is 15.2. The summed E-state index contributed by atoms with van der Waals surface area (Å²) >= 11 is 6.20. The number of carbonyl (C=O) groups excluding carboxylic acids is 1. The maximum Gasteiger partial charge on any atom is 0.254 e. The highest BCUT2D eigenvalue weighted by molar-refractivity contribution is 6.32. The van der Waals surface area contributed by atoms with Crippen LogP contribution in [0.3, 0.4) is 0 Å². The van der Waals surface area contributed by atoms with E-state index in [0.717, 1.165) is 38.5 Å². The lowest BCUT2D eigenvalue weighted by molar-refractivity contribution is -0.917. The number of carbonyl (C=O) groups is 1. The topological polar surface area (TPSA) is 52.4 Å². The standard InChI is InChI=1S/C20H21ClN2O4/c1-25-16-4-2-14(3-5-16)12-22-6-8-23(9-7-22)20(24)15-10-17(21)19-18(11-15)26-13-27-19/h2-5,10-11H,6-9,12-13H2,1H3/p+1. The molecule has 2 aliphatic rings. The smallest absolute Gasteiger partial charge is 0.254 e. The number of nitrogens with one attached hydrogen (secondary N) is 1. The number of hydrogen-bond acceptors (Lipinski definition) is 4. The van der Waals surface area contributed by atoms with Crippen molar-refractivity contribution in [1.82, 2.24) is 4.90 Å². The molecule has 6 nitrogen and oxygen atoms in total. The molecule has 2 aromatic carbocycles. The van der Waals surface area contributed by atoms with E-state index in [1.807, 2.05) is 17.0 Å². The predicted octanol–water partition coefficient (Wildman–Crippen LogP) is 1.62. The van der Waals surface area contributed by atoms with E-state index in [1.54, 1.807) is 19.2 Å². The summed E-state index contributed by atoms with van der Waals surface area (Å²) in [5, 5.41) is 0.414. The van der Waals surface area contributed by atoms with Crippen LogP contribution in [0.1, 0.15) is 15.9 Å². The fraction of sp³-hybridized carbons (Fsp3) is 0.350. The van der Waals surface area contributed by atoms with Gasteiger partial charge in [0.15, 0.2) is 11.5 Å². The first-order valence-electron chi connectivity index (χ1n) is 8.99. The molecule has 0 radical (unpaired) electrons. The predicted molar refractivity (Wildman–Crippen MR) is 101 cm³/mol. The van der Waals surface area contributed by atoms with Crippen molar-refractivity contribution in [3.8, 4) is 17.2 Å². The lowest BCUT2D eigenvalue weighted by Gasteiger charge is -2.32. The molecule has 1 saturated heterocycles. The van der Waals surface area contributed by atoms with Crippen molar-refractivity contribution in [2.24, 2.45) is 0 Å². The first-order chi connectivity index (χ1) is 13.1. The van der Waals surface area contributed by atoms with Crippen molar-refractivity contribution in [2.45, 2.75) is 6.54 Å². The molecule has 142 valence electrons. The molecule has 1 N–H and O–H groups in total. The number of fused-ring (bicyclic) bond motifs is 1. The van der Waals surface area contributed by atoms with Gasteiger partial charge in [-0.2, -0.15) is 0 Å². The van der Waals surface area contributed by atoms with Crippen LogP contribution in [0.25, 0.3) is 0 Å². The number of piperazine rings is 1. The first-order valence-corrected chi connectivity index (χ1v) is 9.37. The molecule has 0 saturated carbocycles. The molecule has 0 unspecified atom stereocenters. The maximum absolute atomic E-state index is 12.8. The summed E-state index contributed by atoms with van der Waals surface area (Å²) in [5.74, 6) is 1.90. The fourth-order valence-corrected chi connectivity index (χ4v) is 3.77. The Bertz CT molecular complexity index is 833. The molecule has 27 heavy (non-hydrogen) atoms.